The highest BCUT2D eigenvalue weighted by atomic mass is 16.2. The maximum atomic E-state index is 12.0. The van der Waals surface area contributed by atoms with Crippen molar-refractivity contribution in [1.29, 1.82) is 0 Å². The lowest BCUT2D eigenvalue weighted by Crippen LogP contribution is -2.48. The zero-order valence-corrected chi connectivity index (χ0v) is 11.5. The van der Waals surface area contributed by atoms with E-state index < -0.39 is 0 Å². The zero-order valence-electron chi connectivity index (χ0n) is 11.5. The van der Waals surface area contributed by atoms with Crippen molar-refractivity contribution in [3.8, 4) is 0 Å². The second-order valence-electron chi connectivity index (χ2n) is 4.79. The molecular weight excluding hydrogens is 238 g/mol. The Labute approximate surface area is 114 Å². The molecule has 0 bridgehead atoms. The molecule has 0 aromatic carbocycles. The van der Waals surface area contributed by atoms with Crippen LogP contribution in [0.3, 0.4) is 0 Å². The summed E-state index contributed by atoms with van der Waals surface area (Å²) in [5.41, 5.74) is 0.959. The number of hydrogen-bond donors (Lipinski definition) is 0. The number of pyridine rings is 1. The van der Waals surface area contributed by atoms with Gasteiger partial charge in [0.05, 0.1) is 0 Å². The number of nitrogens with zero attached hydrogens (tertiary/aromatic N) is 3. The molecule has 1 aliphatic heterocycles. The molecule has 1 aromatic heterocycles. The molecule has 4 heteroatoms. The molecule has 1 aromatic rings. The molecule has 0 saturated carbocycles. The van der Waals surface area contributed by atoms with E-state index >= 15 is 0 Å². The first-order valence-corrected chi connectivity index (χ1v) is 6.89. The van der Waals surface area contributed by atoms with Crippen LogP contribution >= 0.6 is 0 Å². The Morgan fingerprint density at radius 3 is 2.79 bits per heavy atom. The van der Waals surface area contributed by atoms with Crippen LogP contribution in [0.25, 0.3) is 6.08 Å². The predicted octanol–water partition coefficient (Wildman–Crippen LogP) is 1.65. The Morgan fingerprint density at radius 1 is 1.37 bits per heavy atom. The molecule has 0 N–H and O–H groups in total. The summed E-state index contributed by atoms with van der Waals surface area (Å²) in [7, 11) is 0. The molecule has 2 heterocycles. The van der Waals surface area contributed by atoms with E-state index in [9.17, 15) is 4.79 Å². The van der Waals surface area contributed by atoms with Crippen molar-refractivity contribution in [2.45, 2.75) is 13.3 Å². The first kappa shape index (κ1) is 13.7. The highest BCUT2D eigenvalue weighted by molar-refractivity contribution is 5.91. The van der Waals surface area contributed by atoms with E-state index in [4.69, 9.17) is 0 Å². The van der Waals surface area contributed by atoms with E-state index in [1.165, 1.54) is 6.42 Å². The molecule has 1 aliphatic rings. The number of carbonyl (C=O) groups is 1. The van der Waals surface area contributed by atoms with Crippen molar-refractivity contribution in [2.75, 3.05) is 32.7 Å². The van der Waals surface area contributed by atoms with Gasteiger partial charge >= 0.3 is 0 Å². The van der Waals surface area contributed by atoms with Gasteiger partial charge in [-0.25, -0.2) is 0 Å². The van der Waals surface area contributed by atoms with E-state index in [0.717, 1.165) is 38.3 Å². The number of piperazine rings is 1. The quantitative estimate of drug-likeness (QED) is 0.771. The summed E-state index contributed by atoms with van der Waals surface area (Å²) in [4.78, 5) is 20.4. The van der Waals surface area contributed by atoms with Gasteiger partial charge in [-0.15, -0.1) is 0 Å². The molecule has 1 amide bonds. The van der Waals surface area contributed by atoms with Crippen LogP contribution in [0.5, 0.6) is 0 Å². The van der Waals surface area contributed by atoms with E-state index in [1.807, 2.05) is 23.1 Å². The molecule has 0 aliphatic carbocycles. The van der Waals surface area contributed by atoms with Gasteiger partial charge in [0.1, 0.15) is 0 Å². The van der Waals surface area contributed by atoms with Crippen molar-refractivity contribution >= 4 is 12.0 Å². The van der Waals surface area contributed by atoms with Crippen LogP contribution in [0.15, 0.2) is 30.6 Å². The van der Waals surface area contributed by atoms with E-state index in [-0.39, 0.29) is 5.91 Å². The molecule has 102 valence electrons. The minimum absolute atomic E-state index is 0.0972. The van der Waals surface area contributed by atoms with Gasteiger partial charge in [-0.05, 0) is 30.7 Å². The Bertz CT molecular complexity index is 422. The summed E-state index contributed by atoms with van der Waals surface area (Å²) < 4.78 is 0. The lowest BCUT2D eigenvalue weighted by atomic mass is 10.2. The third-order valence-corrected chi connectivity index (χ3v) is 3.33. The Morgan fingerprint density at radius 2 is 2.16 bits per heavy atom. The van der Waals surface area contributed by atoms with E-state index in [2.05, 4.69) is 16.8 Å². The molecule has 0 radical (unpaired) electrons. The van der Waals surface area contributed by atoms with Gasteiger partial charge in [-0.1, -0.05) is 13.0 Å². The number of carbonyl (C=O) groups excluding carboxylic acids is 1. The van der Waals surface area contributed by atoms with Crippen molar-refractivity contribution in [3.05, 3.63) is 36.2 Å². The zero-order chi connectivity index (χ0) is 13.5. The summed E-state index contributed by atoms with van der Waals surface area (Å²) >= 11 is 0. The molecule has 1 saturated heterocycles. The van der Waals surface area contributed by atoms with Crippen molar-refractivity contribution in [1.82, 2.24) is 14.8 Å². The smallest absolute Gasteiger partial charge is 0.246 e. The standard InChI is InChI=1S/C15H21N3O/c1-2-8-17-9-11-18(12-10-17)15(19)6-5-14-4-3-7-16-13-14/h3-7,13H,2,8-12H2,1H3. The molecule has 2 rings (SSSR count). The van der Waals surface area contributed by atoms with E-state index in [1.54, 1.807) is 18.5 Å². The molecule has 0 atom stereocenters. The fraction of sp³-hybridized carbons (Fsp3) is 0.467. The van der Waals surface area contributed by atoms with Crippen molar-refractivity contribution < 1.29 is 4.79 Å². The van der Waals surface area contributed by atoms with Crippen LogP contribution in [0.1, 0.15) is 18.9 Å². The van der Waals surface area contributed by atoms with Crippen LogP contribution in [0.4, 0.5) is 0 Å². The van der Waals surface area contributed by atoms with Crippen LogP contribution in [0.2, 0.25) is 0 Å². The van der Waals surface area contributed by atoms with Crippen LogP contribution in [-0.4, -0.2) is 53.4 Å². The van der Waals surface area contributed by atoms with Gasteiger partial charge in [0.25, 0.3) is 0 Å². The minimum Gasteiger partial charge on any atom is -0.337 e. The Hall–Kier alpha value is -1.68. The van der Waals surface area contributed by atoms with Crippen molar-refractivity contribution in [2.24, 2.45) is 0 Å². The average molecular weight is 259 g/mol. The van der Waals surface area contributed by atoms with E-state index in [0.29, 0.717) is 0 Å². The van der Waals surface area contributed by atoms with Crippen LogP contribution in [0, 0.1) is 0 Å². The van der Waals surface area contributed by atoms with Crippen LogP contribution < -0.4 is 0 Å². The van der Waals surface area contributed by atoms with Gasteiger partial charge < -0.3 is 4.90 Å². The monoisotopic (exact) mass is 259 g/mol. The molecule has 0 spiro atoms. The normalized spacial score (nSPS) is 17.0. The lowest BCUT2D eigenvalue weighted by Gasteiger charge is -2.34. The highest BCUT2D eigenvalue weighted by Gasteiger charge is 2.18. The summed E-state index contributed by atoms with van der Waals surface area (Å²) in [6.07, 6.45) is 8.13. The molecule has 1 fully saturated rings. The number of hydrogen-bond acceptors (Lipinski definition) is 3. The number of aromatic nitrogens is 1. The summed E-state index contributed by atoms with van der Waals surface area (Å²) in [6, 6.07) is 3.81. The van der Waals surface area contributed by atoms with Gasteiger partial charge in [0, 0.05) is 44.6 Å². The second-order valence-corrected chi connectivity index (χ2v) is 4.79. The summed E-state index contributed by atoms with van der Waals surface area (Å²) in [5.74, 6) is 0.0972. The molecule has 4 nitrogen and oxygen atoms in total. The number of amides is 1. The fourth-order valence-corrected chi connectivity index (χ4v) is 2.26. The summed E-state index contributed by atoms with van der Waals surface area (Å²) in [6.45, 7) is 6.95. The largest absolute Gasteiger partial charge is 0.337 e. The maximum absolute atomic E-state index is 12.0. The predicted molar refractivity (Wildman–Crippen MR) is 76.6 cm³/mol. The SMILES string of the molecule is CCCN1CCN(C(=O)C=Cc2cccnc2)CC1. The fourth-order valence-electron chi connectivity index (χ4n) is 2.26. The lowest BCUT2D eigenvalue weighted by molar-refractivity contribution is -0.127. The minimum atomic E-state index is 0.0972. The third kappa shape index (κ3) is 4.17. The number of rotatable bonds is 4. The van der Waals surface area contributed by atoms with Crippen LogP contribution in [-0.2, 0) is 4.79 Å². The highest BCUT2D eigenvalue weighted by Crippen LogP contribution is 2.05. The Kier molecular flexibility index (Phi) is 5.10. The average Bonchev–Trinajstić information content (AvgIpc) is 2.47. The maximum Gasteiger partial charge on any atom is 0.246 e. The van der Waals surface area contributed by atoms with Gasteiger partial charge in [0.2, 0.25) is 5.91 Å². The third-order valence-electron chi connectivity index (χ3n) is 3.33. The van der Waals surface area contributed by atoms with Gasteiger partial charge in [-0.3, -0.25) is 14.7 Å². The topological polar surface area (TPSA) is 36.4 Å². The molecule has 0 unspecified atom stereocenters. The first-order valence-electron chi connectivity index (χ1n) is 6.89. The van der Waals surface area contributed by atoms with Gasteiger partial charge in [-0.2, -0.15) is 0 Å². The Balaban J connectivity index is 1.83. The molecule has 19 heavy (non-hydrogen) atoms. The second kappa shape index (κ2) is 7.04. The first-order chi connectivity index (χ1) is 9.29. The van der Waals surface area contributed by atoms with Gasteiger partial charge in [0.15, 0.2) is 0 Å². The van der Waals surface area contributed by atoms with Crippen molar-refractivity contribution in [3.63, 3.8) is 0 Å². The summed E-state index contributed by atoms with van der Waals surface area (Å²) in [5, 5.41) is 0. The molecular formula is C15H21N3O.